The summed E-state index contributed by atoms with van der Waals surface area (Å²) in [6, 6.07) is 19.9. The second kappa shape index (κ2) is 11.2. The van der Waals surface area contributed by atoms with Crippen molar-refractivity contribution < 1.29 is 9.53 Å². The number of carbonyl (C=O) groups is 1. The van der Waals surface area contributed by atoms with Gasteiger partial charge in [0.05, 0.1) is 18.1 Å². The van der Waals surface area contributed by atoms with Crippen molar-refractivity contribution in [2.75, 3.05) is 11.9 Å². The maximum atomic E-state index is 13.0. The highest BCUT2D eigenvalue weighted by atomic mass is 32.2. The van der Waals surface area contributed by atoms with Gasteiger partial charge >= 0.3 is 0 Å². The molecule has 1 amide bonds. The molecule has 0 saturated heterocycles. The molecule has 1 atom stereocenters. The van der Waals surface area contributed by atoms with E-state index in [2.05, 4.69) is 32.7 Å². The molecule has 0 fully saturated rings. The Morgan fingerprint density at radius 1 is 1.03 bits per heavy atom. The third-order valence-corrected chi connectivity index (χ3v) is 6.42. The third kappa shape index (κ3) is 5.92. The molecular weight excluding hydrogens is 460 g/mol. The van der Waals surface area contributed by atoms with Crippen LogP contribution in [-0.2, 0) is 11.2 Å². The minimum Gasteiger partial charge on any atom is -0.494 e. The number of thioether (sulfide) groups is 1. The number of nitrogens with one attached hydrogen (secondary N) is 1. The van der Waals surface area contributed by atoms with Crippen LogP contribution < -0.4 is 10.1 Å². The first-order valence-corrected chi connectivity index (χ1v) is 12.6. The van der Waals surface area contributed by atoms with Crippen LogP contribution in [0.5, 0.6) is 5.75 Å². The van der Waals surface area contributed by atoms with Gasteiger partial charge in [-0.1, -0.05) is 42.1 Å². The summed E-state index contributed by atoms with van der Waals surface area (Å²) >= 11 is 1.37. The fraction of sp³-hybridized carbons (Fsp3) is 0.308. The van der Waals surface area contributed by atoms with Gasteiger partial charge in [0.25, 0.3) is 0 Å². The molecule has 4 aromatic rings. The van der Waals surface area contributed by atoms with Gasteiger partial charge in [0.2, 0.25) is 5.91 Å². The monoisotopic (exact) mass is 490 g/mol. The summed E-state index contributed by atoms with van der Waals surface area (Å²) < 4.78 is 9.40. The van der Waals surface area contributed by atoms with Crippen molar-refractivity contribution in [3.63, 3.8) is 0 Å². The molecule has 9 heteroatoms. The smallest absolute Gasteiger partial charge is 0.238 e. The van der Waals surface area contributed by atoms with Gasteiger partial charge in [-0.25, -0.2) is 4.68 Å². The predicted octanol–water partition coefficient (Wildman–Crippen LogP) is 5.15. The summed E-state index contributed by atoms with van der Waals surface area (Å²) in [6.45, 7) is 8.47. The molecule has 182 valence electrons. The number of rotatable bonds is 10. The van der Waals surface area contributed by atoms with Gasteiger partial charge in [-0.05, 0) is 57.5 Å². The maximum absolute atomic E-state index is 13.0. The normalized spacial score (nSPS) is 12.0. The van der Waals surface area contributed by atoms with E-state index >= 15 is 0 Å². The minimum atomic E-state index is -0.402. The Morgan fingerprint density at radius 2 is 1.77 bits per heavy atom. The van der Waals surface area contributed by atoms with Gasteiger partial charge in [0, 0.05) is 24.2 Å². The summed E-state index contributed by atoms with van der Waals surface area (Å²) in [4.78, 5) is 13.0. The van der Waals surface area contributed by atoms with Crippen molar-refractivity contribution in [2.45, 2.75) is 50.6 Å². The van der Waals surface area contributed by atoms with E-state index < -0.39 is 5.25 Å². The van der Waals surface area contributed by atoms with Crippen LogP contribution in [-0.4, -0.2) is 42.3 Å². The molecule has 2 aromatic carbocycles. The van der Waals surface area contributed by atoms with Crippen molar-refractivity contribution in [3.8, 4) is 11.4 Å². The van der Waals surface area contributed by atoms with E-state index in [9.17, 15) is 4.79 Å². The highest BCUT2D eigenvalue weighted by Crippen LogP contribution is 2.28. The average Bonchev–Trinajstić information content (AvgIpc) is 3.47. The molecule has 0 aliphatic heterocycles. The predicted molar refractivity (Wildman–Crippen MR) is 138 cm³/mol. The minimum absolute atomic E-state index is 0.122. The molecule has 8 nitrogen and oxygen atoms in total. The van der Waals surface area contributed by atoms with E-state index in [1.807, 2.05) is 74.7 Å². The zero-order valence-corrected chi connectivity index (χ0v) is 21.2. The molecule has 0 aliphatic carbocycles. The lowest BCUT2D eigenvalue weighted by Gasteiger charge is -2.16. The third-order valence-electron chi connectivity index (χ3n) is 5.37. The van der Waals surface area contributed by atoms with Gasteiger partial charge in [-0.3, -0.25) is 9.36 Å². The molecule has 2 aromatic heterocycles. The van der Waals surface area contributed by atoms with Gasteiger partial charge in [-0.15, -0.1) is 10.2 Å². The maximum Gasteiger partial charge on any atom is 0.238 e. The topological polar surface area (TPSA) is 86.9 Å². The standard InChI is InChI=1S/C26H30N6O2S/c1-5-34-22-13-11-21(12-14-22)31-24(17-20-9-7-6-8-10-20)29-30-26(31)35-19(4)25(33)28-23-15-16-27-32(23)18(2)3/h6-16,18-19H,5,17H2,1-4H3,(H,28,33). The Morgan fingerprint density at radius 3 is 2.46 bits per heavy atom. The van der Waals surface area contributed by atoms with Crippen molar-refractivity contribution >= 4 is 23.5 Å². The number of ether oxygens (including phenoxy) is 1. The lowest BCUT2D eigenvalue weighted by molar-refractivity contribution is -0.115. The summed E-state index contributed by atoms with van der Waals surface area (Å²) in [7, 11) is 0. The van der Waals surface area contributed by atoms with Crippen LogP contribution in [0.15, 0.2) is 72.0 Å². The molecule has 1 N–H and O–H groups in total. The summed E-state index contributed by atoms with van der Waals surface area (Å²) in [6.07, 6.45) is 2.31. The molecule has 0 bridgehead atoms. The van der Waals surface area contributed by atoms with Gasteiger partial charge in [0.1, 0.15) is 17.4 Å². The van der Waals surface area contributed by atoms with Crippen molar-refractivity contribution in [1.29, 1.82) is 0 Å². The van der Waals surface area contributed by atoms with E-state index in [-0.39, 0.29) is 11.9 Å². The SMILES string of the molecule is CCOc1ccc(-n2c(Cc3ccccc3)nnc2SC(C)C(=O)Nc2ccnn2C(C)C)cc1. The fourth-order valence-electron chi connectivity index (χ4n) is 3.65. The summed E-state index contributed by atoms with van der Waals surface area (Å²) in [5.41, 5.74) is 2.05. The molecule has 1 unspecified atom stereocenters. The van der Waals surface area contributed by atoms with E-state index in [4.69, 9.17) is 4.74 Å². The number of anilines is 1. The number of hydrogen-bond donors (Lipinski definition) is 1. The van der Waals surface area contributed by atoms with Crippen LogP contribution in [0.25, 0.3) is 5.69 Å². The van der Waals surface area contributed by atoms with Crippen LogP contribution >= 0.6 is 11.8 Å². The number of hydrogen-bond acceptors (Lipinski definition) is 6. The van der Waals surface area contributed by atoms with E-state index in [0.717, 1.165) is 22.8 Å². The van der Waals surface area contributed by atoms with Crippen LogP contribution in [0.4, 0.5) is 5.82 Å². The van der Waals surface area contributed by atoms with Crippen LogP contribution in [0.2, 0.25) is 0 Å². The zero-order chi connectivity index (χ0) is 24.8. The summed E-state index contributed by atoms with van der Waals surface area (Å²) in [5, 5.41) is 16.5. The zero-order valence-electron chi connectivity index (χ0n) is 20.4. The molecule has 0 aliphatic rings. The van der Waals surface area contributed by atoms with Gasteiger partial charge < -0.3 is 10.1 Å². The molecule has 35 heavy (non-hydrogen) atoms. The fourth-order valence-corrected chi connectivity index (χ4v) is 4.54. The van der Waals surface area contributed by atoms with E-state index in [0.29, 0.717) is 24.0 Å². The highest BCUT2D eigenvalue weighted by molar-refractivity contribution is 8.00. The van der Waals surface area contributed by atoms with Crippen LogP contribution in [0.1, 0.15) is 45.1 Å². The molecule has 4 rings (SSSR count). The van der Waals surface area contributed by atoms with Crippen LogP contribution in [0, 0.1) is 0 Å². The Labute approximate surface area is 209 Å². The number of benzene rings is 2. The highest BCUT2D eigenvalue weighted by Gasteiger charge is 2.22. The number of carbonyl (C=O) groups excluding carboxylic acids is 1. The second-order valence-corrected chi connectivity index (χ2v) is 9.64. The Balaban J connectivity index is 1.59. The second-order valence-electron chi connectivity index (χ2n) is 8.33. The molecule has 0 radical (unpaired) electrons. The van der Waals surface area contributed by atoms with Crippen molar-refractivity contribution in [2.24, 2.45) is 0 Å². The largest absolute Gasteiger partial charge is 0.494 e. The first kappa shape index (κ1) is 24.5. The molecule has 2 heterocycles. The van der Waals surface area contributed by atoms with Gasteiger partial charge in [0.15, 0.2) is 5.16 Å². The first-order chi connectivity index (χ1) is 17.0. The molecule has 0 saturated carbocycles. The van der Waals surface area contributed by atoms with Gasteiger partial charge in [-0.2, -0.15) is 5.10 Å². The number of amides is 1. The Hall–Kier alpha value is -3.59. The average molecular weight is 491 g/mol. The Kier molecular flexibility index (Phi) is 7.87. The lowest BCUT2D eigenvalue weighted by atomic mass is 10.1. The number of nitrogens with zero attached hydrogens (tertiary/aromatic N) is 5. The number of aromatic nitrogens is 5. The molecular formula is C26H30N6O2S. The first-order valence-electron chi connectivity index (χ1n) is 11.7. The van der Waals surface area contributed by atoms with Crippen molar-refractivity contribution in [3.05, 3.63) is 78.2 Å². The van der Waals surface area contributed by atoms with Crippen molar-refractivity contribution in [1.82, 2.24) is 24.5 Å². The quantitative estimate of drug-likeness (QED) is 0.309. The van der Waals surface area contributed by atoms with Crippen LogP contribution in [0.3, 0.4) is 0 Å². The lowest BCUT2D eigenvalue weighted by Crippen LogP contribution is -2.25. The van der Waals surface area contributed by atoms with E-state index in [1.165, 1.54) is 11.8 Å². The summed E-state index contributed by atoms with van der Waals surface area (Å²) in [5.74, 6) is 2.16. The molecule has 0 spiro atoms. The van der Waals surface area contributed by atoms with E-state index in [1.54, 1.807) is 16.9 Å². The Bertz CT molecular complexity index is 1250.